The molecule has 2 aliphatic rings. The lowest BCUT2D eigenvalue weighted by Crippen LogP contribution is -2.48. The second-order valence-electron chi connectivity index (χ2n) is 9.34. The Morgan fingerprint density at radius 1 is 1.06 bits per heavy atom. The Bertz CT molecular complexity index is 800. The Morgan fingerprint density at radius 2 is 1.74 bits per heavy atom. The van der Waals surface area contributed by atoms with Crippen LogP contribution in [0.5, 0.6) is 0 Å². The molecule has 2 fully saturated rings. The summed E-state index contributed by atoms with van der Waals surface area (Å²) in [6, 6.07) is 7.70. The first kappa shape index (κ1) is 23.3. The highest BCUT2D eigenvalue weighted by Gasteiger charge is 2.33. The van der Waals surface area contributed by atoms with E-state index in [4.69, 9.17) is 4.74 Å². The largest absolute Gasteiger partial charge is 0.452 e. The van der Waals surface area contributed by atoms with Gasteiger partial charge in [-0.3, -0.25) is 14.4 Å². The molecule has 0 bridgehead atoms. The Balaban J connectivity index is 1.46. The van der Waals surface area contributed by atoms with Crippen LogP contribution in [0, 0.1) is 24.7 Å². The summed E-state index contributed by atoms with van der Waals surface area (Å²) in [6.07, 6.45) is 3.60. The van der Waals surface area contributed by atoms with E-state index in [1.54, 1.807) is 11.8 Å². The molecule has 31 heavy (non-hydrogen) atoms. The van der Waals surface area contributed by atoms with Crippen LogP contribution in [0.4, 0.5) is 0 Å². The molecule has 0 radical (unpaired) electrons. The van der Waals surface area contributed by atoms with Crippen molar-refractivity contribution in [3.05, 3.63) is 35.4 Å². The van der Waals surface area contributed by atoms with Crippen LogP contribution in [-0.2, 0) is 14.3 Å². The van der Waals surface area contributed by atoms with Crippen LogP contribution in [0.3, 0.4) is 0 Å². The van der Waals surface area contributed by atoms with Crippen molar-refractivity contribution in [2.24, 2.45) is 17.8 Å². The summed E-state index contributed by atoms with van der Waals surface area (Å²) < 4.78 is 5.50. The number of nitrogens with zero attached hydrogens (tertiary/aromatic N) is 1. The molecule has 1 heterocycles. The summed E-state index contributed by atoms with van der Waals surface area (Å²) >= 11 is 0. The summed E-state index contributed by atoms with van der Waals surface area (Å²) in [7, 11) is 0. The molecule has 0 spiro atoms. The lowest BCUT2D eigenvalue weighted by molar-refractivity contribution is -0.160. The topological polar surface area (TPSA) is 75.7 Å². The molecular weight excluding hydrogens is 392 g/mol. The molecule has 1 aliphatic heterocycles. The SMILES string of the molecule is Cc1ccccc1C(=O)N1CCC(C(=O)O[C@H](C)C(=O)N[C@@H]2CCC[C@@H](C)[C@H]2C)CC1. The van der Waals surface area contributed by atoms with E-state index in [0.717, 1.165) is 18.4 Å². The summed E-state index contributed by atoms with van der Waals surface area (Å²) in [5, 5.41) is 3.08. The molecule has 1 aromatic carbocycles. The second kappa shape index (κ2) is 10.3. The molecule has 2 amide bonds. The first-order valence-electron chi connectivity index (χ1n) is 11.6. The van der Waals surface area contributed by atoms with Crippen molar-refractivity contribution in [1.82, 2.24) is 10.2 Å². The van der Waals surface area contributed by atoms with Gasteiger partial charge in [0, 0.05) is 24.7 Å². The predicted molar refractivity (Wildman–Crippen MR) is 119 cm³/mol. The van der Waals surface area contributed by atoms with Gasteiger partial charge in [0.2, 0.25) is 0 Å². The van der Waals surface area contributed by atoms with Crippen molar-refractivity contribution >= 4 is 17.8 Å². The van der Waals surface area contributed by atoms with Crippen LogP contribution in [0.15, 0.2) is 24.3 Å². The van der Waals surface area contributed by atoms with Gasteiger partial charge in [0.15, 0.2) is 6.10 Å². The number of amides is 2. The van der Waals surface area contributed by atoms with Gasteiger partial charge in [-0.15, -0.1) is 0 Å². The molecule has 1 aliphatic carbocycles. The number of hydrogen-bond acceptors (Lipinski definition) is 4. The number of piperidine rings is 1. The minimum Gasteiger partial charge on any atom is -0.452 e. The van der Waals surface area contributed by atoms with Crippen LogP contribution < -0.4 is 5.32 Å². The second-order valence-corrected chi connectivity index (χ2v) is 9.34. The lowest BCUT2D eigenvalue weighted by atomic mass is 9.78. The Hall–Kier alpha value is -2.37. The van der Waals surface area contributed by atoms with E-state index >= 15 is 0 Å². The van der Waals surface area contributed by atoms with Crippen molar-refractivity contribution in [3.63, 3.8) is 0 Å². The number of hydrogen-bond donors (Lipinski definition) is 1. The van der Waals surface area contributed by atoms with Crippen LogP contribution in [0.1, 0.15) is 68.8 Å². The van der Waals surface area contributed by atoms with E-state index in [1.807, 2.05) is 31.2 Å². The smallest absolute Gasteiger partial charge is 0.309 e. The van der Waals surface area contributed by atoms with Gasteiger partial charge >= 0.3 is 5.97 Å². The molecule has 0 aromatic heterocycles. The summed E-state index contributed by atoms with van der Waals surface area (Å²) in [4.78, 5) is 39.7. The number of nitrogens with one attached hydrogen (secondary N) is 1. The van der Waals surface area contributed by atoms with Crippen LogP contribution in [0.2, 0.25) is 0 Å². The molecule has 1 saturated carbocycles. The van der Waals surface area contributed by atoms with E-state index in [-0.39, 0.29) is 29.7 Å². The number of carbonyl (C=O) groups is 3. The maximum atomic E-state index is 12.8. The van der Waals surface area contributed by atoms with E-state index in [1.165, 1.54) is 6.42 Å². The molecule has 1 saturated heterocycles. The highest BCUT2D eigenvalue weighted by molar-refractivity contribution is 5.95. The number of benzene rings is 1. The Labute approximate surface area is 185 Å². The maximum absolute atomic E-state index is 12.8. The molecule has 6 heteroatoms. The van der Waals surface area contributed by atoms with Gasteiger partial charge in [-0.25, -0.2) is 0 Å². The van der Waals surface area contributed by atoms with Crippen molar-refractivity contribution in [2.75, 3.05) is 13.1 Å². The number of carbonyl (C=O) groups excluding carboxylic acids is 3. The van der Waals surface area contributed by atoms with Gasteiger partial charge in [0.05, 0.1) is 5.92 Å². The Morgan fingerprint density at radius 3 is 2.42 bits per heavy atom. The third kappa shape index (κ3) is 5.66. The van der Waals surface area contributed by atoms with Crippen molar-refractivity contribution in [3.8, 4) is 0 Å². The van der Waals surface area contributed by atoms with Gasteiger partial charge in [-0.2, -0.15) is 0 Å². The zero-order chi connectivity index (χ0) is 22.5. The third-order valence-electron chi connectivity index (χ3n) is 7.19. The monoisotopic (exact) mass is 428 g/mol. The fraction of sp³-hybridized carbons (Fsp3) is 0.640. The highest BCUT2D eigenvalue weighted by atomic mass is 16.5. The van der Waals surface area contributed by atoms with Crippen LogP contribution in [-0.4, -0.2) is 47.9 Å². The molecule has 0 unspecified atom stereocenters. The van der Waals surface area contributed by atoms with Gasteiger partial charge in [-0.05, 0) is 56.6 Å². The fourth-order valence-corrected chi connectivity index (χ4v) is 4.71. The minimum atomic E-state index is -0.802. The molecule has 1 aromatic rings. The maximum Gasteiger partial charge on any atom is 0.309 e. The van der Waals surface area contributed by atoms with E-state index < -0.39 is 6.10 Å². The van der Waals surface area contributed by atoms with Gasteiger partial charge in [0.25, 0.3) is 11.8 Å². The van der Waals surface area contributed by atoms with E-state index in [2.05, 4.69) is 19.2 Å². The van der Waals surface area contributed by atoms with Gasteiger partial charge in [0.1, 0.15) is 0 Å². The zero-order valence-corrected chi connectivity index (χ0v) is 19.2. The molecule has 170 valence electrons. The normalized spacial score (nSPS) is 25.5. The molecule has 4 atom stereocenters. The van der Waals surface area contributed by atoms with Crippen molar-refractivity contribution in [2.45, 2.75) is 71.9 Å². The summed E-state index contributed by atoms with van der Waals surface area (Å²) in [5.41, 5.74) is 1.66. The van der Waals surface area contributed by atoms with E-state index in [0.29, 0.717) is 43.3 Å². The molecule has 1 N–H and O–H groups in total. The minimum absolute atomic E-state index is 0.00786. The number of likely N-dealkylation sites (tertiary alicyclic amines) is 1. The van der Waals surface area contributed by atoms with Gasteiger partial charge in [-0.1, -0.05) is 44.9 Å². The predicted octanol–water partition coefficient (Wildman–Crippen LogP) is 3.72. The Kier molecular flexibility index (Phi) is 7.74. The number of esters is 1. The quantitative estimate of drug-likeness (QED) is 0.726. The number of rotatable bonds is 5. The number of ether oxygens (including phenoxy) is 1. The molecule has 6 nitrogen and oxygen atoms in total. The molecule has 3 rings (SSSR count). The average molecular weight is 429 g/mol. The van der Waals surface area contributed by atoms with Crippen LogP contribution >= 0.6 is 0 Å². The van der Waals surface area contributed by atoms with Gasteiger partial charge < -0.3 is 15.0 Å². The first-order chi connectivity index (χ1) is 14.8. The molecular formula is C25H36N2O4. The van der Waals surface area contributed by atoms with Crippen molar-refractivity contribution in [1.29, 1.82) is 0 Å². The van der Waals surface area contributed by atoms with Crippen LogP contribution in [0.25, 0.3) is 0 Å². The highest BCUT2D eigenvalue weighted by Crippen LogP contribution is 2.29. The standard InChI is InChI=1S/C25H36N2O4/c1-16-9-7-11-22(18(16)3)26-23(28)19(4)31-25(30)20-12-14-27(15-13-20)24(29)21-10-6-5-8-17(21)2/h5-6,8,10,16,18-20,22H,7,9,11-15H2,1-4H3,(H,26,28)/t16-,18-,19-,22-/m1/s1. The van der Waals surface area contributed by atoms with E-state index in [9.17, 15) is 14.4 Å². The van der Waals surface area contributed by atoms with Crippen molar-refractivity contribution < 1.29 is 19.1 Å². The number of aryl methyl sites for hydroxylation is 1. The lowest BCUT2D eigenvalue weighted by Gasteiger charge is -2.35. The summed E-state index contributed by atoms with van der Waals surface area (Å²) in [5.74, 6) is 0.195. The third-order valence-corrected chi connectivity index (χ3v) is 7.19. The average Bonchev–Trinajstić information content (AvgIpc) is 2.76. The fourth-order valence-electron chi connectivity index (χ4n) is 4.71. The first-order valence-corrected chi connectivity index (χ1v) is 11.6. The summed E-state index contributed by atoms with van der Waals surface area (Å²) in [6.45, 7) is 9.01. The zero-order valence-electron chi connectivity index (χ0n) is 19.2.